The molecular weight excluding hydrogens is 421 g/mol. The summed E-state index contributed by atoms with van der Waals surface area (Å²) in [6.07, 6.45) is 0. The van der Waals surface area contributed by atoms with Gasteiger partial charge in [0.15, 0.2) is 11.4 Å². The first-order chi connectivity index (χ1) is 14.6. The molecule has 1 aromatic heterocycles. The Kier molecular flexibility index (Phi) is 5.98. The lowest BCUT2D eigenvalue weighted by molar-refractivity contribution is 0.0584. The molecule has 0 unspecified atom stereocenters. The van der Waals surface area contributed by atoms with Gasteiger partial charge in [-0.05, 0) is 41.5 Å². The highest BCUT2D eigenvalue weighted by atomic mass is 35.5. The summed E-state index contributed by atoms with van der Waals surface area (Å²) in [6, 6.07) is 22.8. The van der Waals surface area contributed by atoms with E-state index in [1.807, 2.05) is 71.3 Å². The van der Waals surface area contributed by atoms with Gasteiger partial charge in [-0.3, -0.25) is 0 Å². The summed E-state index contributed by atoms with van der Waals surface area (Å²) in [7, 11) is 1.36. The number of benzene rings is 3. The van der Waals surface area contributed by atoms with Crippen LogP contribution in [0.3, 0.4) is 0 Å². The Morgan fingerprint density at radius 3 is 2.30 bits per heavy atom. The average Bonchev–Trinajstić information content (AvgIpc) is 3.06. The molecule has 6 heteroatoms. The molecular formula is C24H19Cl2NO3. The fourth-order valence-corrected chi connectivity index (χ4v) is 3.71. The standard InChI is InChI=1S/C24H19Cl2NO3/c1-29-24(28)22-23(30-15-17-5-3-2-4-6-17)20-13-19(26)11-12-21(20)27(22)14-16-7-9-18(25)10-8-16/h2-13H,14-15H2,1H3. The van der Waals surface area contributed by atoms with Crippen LogP contribution >= 0.6 is 23.2 Å². The first kappa shape index (κ1) is 20.3. The predicted molar refractivity (Wildman–Crippen MR) is 120 cm³/mol. The zero-order chi connectivity index (χ0) is 21.1. The Balaban J connectivity index is 1.84. The van der Waals surface area contributed by atoms with Gasteiger partial charge in [-0.15, -0.1) is 0 Å². The van der Waals surface area contributed by atoms with E-state index in [9.17, 15) is 4.79 Å². The van der Waals surface area contributed by atoms with Crippen LogP contribution in [0.1, 0.15) is 21.6 Å². The molecule has 0 aliphatic rings. The van der Waals surface area contributed by atoms with Crippen molar-refractivity contribution in [2.45, 2.75) is 13.2 Å². The number of esters is 1. The lowest BCUT2D eigenvalue weighted by Crippen LogP contribution is -2.13. The molecule has 4 rings (SSSR count). The van der Waals surface area contributed by atoms with E-state index in [-0.39, 0.29) is 0 Å². The quantitative estimate of drug-likeness (QED) is 0.328. The third-order valence-electron chi connectivity index (χ3n) is 4.84. The Morgan fingerprint density at radius 1 is 0.900 bits per heavy atom. The number of rotatable bonds is 6. The topological polar surface area (TPSA) is 40.5 Å². The molecule has 0 aliphatic heterocycles. The summed E-state index contributed by atoms with van der Waals surface area (Å²) in [4.78, 5) is 12.8. The molecule has 0 aliphatic carbocycles. The summed E-state index contributed by atoms with van der Waals surface area (Å²) in [5.41, 5.74) is 3.17. The summed E-state index contributed by atoms with van der Waals surface area (Å²) in [5, 5.41) is 1.97. The summed E-state index contributed by atoms with van der Waals surface area (Å²) in [6.45, 7) is 0.770. The molecule has 1 heterocycles. The molecule has 30 heavy (non-hydrogen) atoms. The van der Waals surface area contributed by atoms with Crippen molar-refractivity contribution in [2.75, 3.05) is 7.11 Å². The second-order valence-corrected chi connectivity index (χ2v) is 7.69. The normalized spacial score (nSPS) is 10.9. The maximum atomic E-state index is 12.8. The number of nitrogens with zero attached hydrogens (tertiary/aromatic N) is 1. The molecule has 0 fully saturated rings. The first-order valence-corrected chi connectivity index (χ1v) is 10.1. The van der Waals surface area contributed by atoms with Crippen molar-refractivity contribution in [3.8, 4) is 5.75 Å². The van der Waals surface area contributed by atoms with Crippen LogP contribution < -0.4 is 4.74 Å². The van der Waals surface area contributed by atoms with Gasteiger partial charge in [0, 0.05) is 22.0 Å². The number of carbonyl (C=O) groups excluding carboxylic acids is 1. The Bertz CT molecular complexity index is 1180. The van der Waals surface area contributed by atoms with E-state index in [1.54, 1.807) is 6.07 Å². The molecule has 0 N–H and O–H groups in total. The molecule has 0 atom stereocenters. The smallest absolute Gasteiger partial charge is 0.358 e. The van der Waals surface area contributed by atoms with E-state index in [1.165, 1.54) is 7.11 Å². The summed E-state index contributed by atoms with van der Waals surface area (Å²) >= 11 is 12.3. The zero-order valence-electron chi connectivity index (χ0n) is 16.3. The van der Waals surface area contributed by atoms with Gasteiger partial charge in [0.1, 0.15) is 6.61 Å². The monoisotopic (exact) mass is 439 g/mol. The highest BCUT2D eigenvalue weighted by Gasteiger charge is 2.25. The number of fused-ring (bicyclic) bond motifs is 1. The number of hydrogen-bond acceptors (Lipinski definition) is 3. The van der Waals surface area contributed by atoms with Gasteiger partial charge < -0.3 is 14.0 Å². The molecule has 3 aromatic carbocycles. The number of aromatic nitrogens is 1. The van der Waals surface area contributed by atoms with Gasteiger partial charge in [-0.1, -0.05) is 65.7 Å². The van der Waals surface area contributed by atoms with Gasteiger partial charge in [-0.2, -0.15) is 0 Å². The van der Waals surface area contributed by atoms with E-state index in [4.69, 9.17) is 32.7 Å². The molecule has 0 saturated heterocycles. The molecule has 0 radical (unpaired) electrons. The summed E-state index contributed by atoms with van der Waals surface area (Å²) in [5.74, 6) is -0.0171. The number of carbonyl (C=O) groups is 1. The fraction of sp³-hybridized carbons (Fsp3) is 0.125. The fourth-order valence-electron chi connectivity index (χ4n) is 3.41. The van der Waals surface area contributed by atoms with Crippen LogP contribution in [0.15, 0.2) is 72.8 Å². The van der Waals surface area contributed by atoms with Crippen molar-refractivity contribution in [1.29, 1.82) is 0 Å². The van der Waals surface area contributed by atoms with Gasteiger partial charge >= 0.3 is 5.97 Å². The minimum absolute atomic E-state index is 0.317. The van der Waals surface area contributed by atoms with E-state index in [0.29, 0.717) is 34.6 Å². The van der Waals surface area contributed by atoms with Gasteiger partial charge in [-0.25, -0.2) is 4.79 Å². The molecule has 0 amide bonds. The van der Waals surface area contributed by atoms with Crippen molar-refractivity contribution >= 4 is 40.1 Å². The van der Waals surface area contributed by atoms with Crippen molar-refractivity contribution in [1.82, 2.24) is 4.57 Å². The van der Waals surface area contributed by atoms with Crippen LogP contribution in [-0.4, -0.2) is 17.6 Å². The van der Waals surface area contributed by atoms with Crippen molar-refractivity contribution in [3.05, 3.63) is 99.7 Å². The number of methoxy groups -OCH3 is 1. The van der Waals surface area contributed by atoms with Crippen molar-refractivity contribution < 1.29 is 14.3 Å². The lowest BCUT2D eigenvalue weighted by Gasteiger charge is -2.11. The maximum Gasteiger partial charge on any atom is 0.358 e. The van der Waals surface area contributed by atoms with Crippen molar-refractivity contribution in [3.63, 3.8) is 0 Å². The molecule has 4 nitrogen and oxygen atoms in total. The minimum atomic E-state index is -0.473. The Labute approximate surface area is 184 Å². The highest BCUT2D eigenvalue weighted by molar-refractivity contribution is 6.31. The zero-order valence-corrected chi connectivity index (χ0v) is 17.8. The number of hydrogen-bond donors (Lipinski definition) is 0. The van der Waals surface area contributed by atoms with E-state index >= 15 is 0 Å². The van der Waals surface area contributed by atoms with Crippen LogP contribution in [0.25, 0.3) is 10.9 Å². The van der Waals surface area contributed by atoms with Crippen LogP contribution in [-0.2, 0) is 17.9 Å². The highest BCUT2D eigenvalue weighted by Crippen LogP contribution is 2.36. The molecule has 4 aromatic rings. The molecule has 0 spiro atoms. The maximum absolute atomic E-state index is 12.8. The third-order valence-corrected chi connectivity index (χ3v) is 5.32. The molecule has 152 valence electrons. The van der Waals surface area contributed by atoms with Crippen LogP contribution in [0.2, 0.25) is 10.0 Å². The molecule has 0 bridgehead atoms. The second kappa shape index (κ2) is 8.82. The third kappa shape index (κ3) is 4.16. The largest absolute Gasteiger partial charge is 0.486 e. The lowest BCUT2D eigenvalue weighted by atomic mass is 10.2. The number of ether oxygens (including phenoxy) is 2. The van der Waals surface area contributed by atoms with Crippen LogP contribution in [0.4, 0.5) is 0 Å². The van der Waals surface area contributed by atoms with E-state index in [2.05, 4.69) is 0 Å². The Hall–Kier alpha value is -2.95. The second-order valence-electron chi connectivity index (χ2n) is 6.82. The minimum Gasteiger partial charge on any atom is -0.486 e. The average molecular weight is 440 g/mol. The van der Waals surface area contributed by atoms with E-state index in [0.717, 1.165) is 22.0 Å². The van der Waals surface area contributed by atoms with Gasteiger partial charge in [0.25, 0.3) is 0 Å². The van der Waals surface area contributed by atoms with Crippen LogP contribution in [0, 0.1) is 0 Å². The number of halogens is 2. The Morgan fingerprint density at radius 2 is 1.60 bits per heavy atom. The SMILES string of the molecule is COC(=O)c1c(OCc2ccccc2)c2cc(Cl)ccc2n1Cc1ccc(Cl)cc1. The van der Waals surface area contributed by atoms with Crippen molar-refractivity contribution in [2.24, 2.45) is 0 Å². The van der Waals surface area contributed by atoms with Gasteiger partial charge in [0.05, 0.1) is 12.6 Å². The van der Waals surface area contributed by atoms with E-state index < -0.39 is 5.97 Å². The molecule has 0 saturated carbocycles. The summed E-state index contributed by atoms with van der Waals surface area (Å²) < 4.78 is 13.1. The van der Waals surface area contributed by atoms with Crippen LogP contribution in [0.5, 0.6) is 5.75 Å². The predicted octanol–water partition coefficient (Wildman–Crippen LogP) is 6.36. The van der Waals surface area contributed by atoms with Gasteiger partial charge in [0.2, 0.25) is 0 Å². The first-order valence-electron chi connectivity index (χ1n) is 9.38.